The Morgan fingerprint density at radius 3 is 2.46 bits per heavy atom. The smallest absolute Gasteiger partial charge is 0.261 e. The maximum atomic E-state index is 12.3. The predicted octanol–water partition coefficient (Wildman–Crippen LogP) is 4.40. The van der Waals surface area contributed by atoms with E-state index in [0.29, 0.717) is 22.5 Å². The molecule has 3 rings (SSSR count). The zero-order valence-electron chi connectivity index (χ0n) is 16.2. The third-order valence-corrected chi connectivity index (χ3v) is 4.88. The molecule has 0 aliphatic carbocycles. The Hall–Kier alpha value is -2.86. The highest BCUT2D eigenvalue weighted by molar-refractivity contribution is 6.32. The molecule has 0 aliphatic heterocycles. The maximum Gasteiger partial charge on any atom is 0.261 e. The van der Waals surface area contributed by atoms with Gasteiger partial charge >= 0.3 is 0 Å². The predicted molar refractivity (Wildman–Crippen MR) is 107 cm³/mol. The standard InChI is InChI=1S/C21H22ClN3O3/c1-12-5-7-16(8-6-12)20-24-18(28-25-20)11-23-21(26)15(4)27-17-9-13(2)19(22)14(3)10-17/h5-10,15H,11H2,1-4H3,(H,23,26). The van der Waals surface area contributed by atoms with E-state index in [0.717, 1.165) is 22.3 Å². The molecule has 1 amide bonds. The summed E-state index contributed by atoms with van der Waals surface area (Å²) in [5, 5.41) is 7.40. The van der Waals surface area contributed by atoms with Crippen LogP contribution in [0.5, 0.6) is 5.75 Å². The normalized spacial score (nSPS) is 11.9. The van der Waals surface area contributed by atoms with Gasteiger partial charge in [0.05, 0.1) is 6.54 Å². The molecule has 0 saturated carbocycles. The molecule has 2 aromatic carbocycles. The summed E-state index contributed by atoms with van der Waals surface area (Å²) in [6.07, 6.45) is -0.681. The number of aryl methyl sites for hydroxylation is 3. The number of ether oxygens (including phenoxy) is 1. The highest BCUT2D eigenvalue weighted by atomic mass is 35.5. The van der Waals surface area contributed by atoms with Gasteiger partial charge in [0, 0.05) is 10.6 Å². The highest BCUT2D eigenvalue weighted by Crippen LogP contribution is 2.26. The second-order valence-electron chi connectivity index (χ2n) is 6.73. The van der Waals surface area contributed by atoms with Crippen LogP contribution in [-0.4, -0.2) is 22.2 Å². The van der Waals surface area contributed by atoms with Gasteiger partial charge in [-0.05, 0) is 51.0 Å². The molecule has 1 heterocycles. The van der Waals surface area contributed by atoms with Gasteiger partial charge in [0.2, 0.25) is 11.7 Å². The van der Waals surface area contributed by atoms with Crippen LogP contribution in [0.3, 0.4) is 0 Å². The quantitative estimate of drug-likeness (QED) is 0.664. The number of carbonyl (C=O) groups excluding carboxylic acids is 1. The molecular formula is C21H22ClN3O3. The number of benzene rings is 2. The lowest BCUT2D eigenvalue weighted by atomic mass is 10.1. The van der Waals surface area contributed by atoms with Gasteiger partial charge in [-0.3, -0.25) is 4.79 Å². The van der Waals surface area contributed by atoms with Crippen molar-refractivity contribution in [2.45, 2.75) is 40.3 Å². The fourth-order valence-electron chi connectivity index (χ4n) is 2.68. The average Bonchev–Trinajstić information content (AvgIpc) is 3.13. The van der Waals surface area contributed by atoms with Gasteiger partial charge in [-0.15, -0.1) is 0 Å². The number of hydrogen-bond acceptors (Lipinski definition) is 5. The molecule has 7 heteroatoms. The lowest BCUT2D eigenvalue weighted by Crippen LogP contribution is -2.36. The molecule has 3 aromatic rings. The van der Waals surface area contributed by atoms with Crippen LogP contribution in [-0.2, 0) is 11.3 Å². The van der Waals surface area contributed by atoms with Crippen LogP contribution in [0.4, 0.5) is 0 Å². The minimum absolute atomic E-state index is 0.129. The molecule has 0 bridgehead atoms. The lowest BCUT2D eigenvalue weighted by molar-refractivity contribution is -0.127. The number of nitrogens with zero attached hydrogens (tertiary/aromatic N) is 2. The van der Waals surface area contributed by atoms with E-state index in [-0.39, 0.29) is 12.5 Å². The Morgan fingerprint density at radius 1 is 1.18 bits per heavy atom. The van der Waals surface area contributed by atoms with E-state index in [9.17, 15) is 4.79 Å². The number of aromatic nitrogens is 2. The Balaban J connectivity index is 1.57. The molecule has 0 saturated heterocycles. The van der Waals surface area contributed by atoms with Crippen LogP contribution >= 0.6 is 11.6 Å². The number of rotatable bonds is 6. The molecule has 6 nitrogen and oxygen atoms in total. The highest BCUT2D eigenvalue weighted by Gasteiger charge is 2.17. The monoisotopic (exact) mass is 399 g/mol. The van der Waals surface area contributed by atoms with Crippen molar-refractivity contribution in [1.82, 2.24) is 15.5 Å². The number of halogens is 1. The van der Waals surface area contributed by atoms with Crippen molar-refractivity contribution >= 4 is 17.5 Å². The number of hydrogen-bond donors (Lipinski definition) is 1. The molecule has 146 valence electrons. The summed E-state index contributed by atoms with van der Waals surface area (Å²) in [6.45, 7) is 7.61. The molecule has 1 N–H and O–H groups in total. The first-order valence-electron chi connectivity index (χ1n) is 8.94. The first-order valence-corrected chi connectivity index (χ1v) is 9.32. The number of nitrogens with one attached hydrogen (secondary N) is 1. The van der Waals surface area contributed by atoms with Crippen molar-refractivity contribution in [3.05, 3.63) is 64.0 Å². The van der Waals surface area contributed by atoms with Crippen LogP contribution in [0.2, 0.25) is 5.02 Å². The van der Waals surface area contributed by atoms with E-state index >= 15 is 0 Å². The zero-order valence-corrected chi connectivity index (χ0v) is 17.0. The number of amides is 1. The van der Waals surface area contributed by atoms with Crippen molar-refractivity contribution in [3.63, 3.8) is 0 Å². The maximum absolute atomic E-state index is 12.3. The molecule has 0 fully saturated rings. The Kier molecular flexibility index (Phi) is 5.99. The zero-order chi connectivity index (χ0) is 20.3. The topological polar surface area (TPSA) is 77.2 Å². The summed E-state index contributed by atoms with van der Waals surface area (Å²) >= 11 is 6.16. The van der Waals surface area contributed by atoms with Gasteiger partial charge in [0.1, 0.15) is 5.75 Å². The Labute approximate surface area is 168 Å². The molecule has 28 heavy (non-hydrogen) atoms. The van der Waals surface area contributed by atoms with E-state index in [4.69, 9.17) is 20.9 Å². The summed E-state index contributed by atoms with van der Waals surface area (Å²) in [6, 6.07) is 11.4. The molecule has 0 spiro atoms. The van der Waals surface area contributed by atoms with Gasteiger partial charge in [0.25, 0.3) is 5.91 Å². The van der Waals surface area contributed by atoms with Gasteiger partial charge < -0.3 is 14.6 Å². The van der Waals surface area contributed by atoms with E-state index in [1.54, 1.807) is 6.92 Å². The van der Waals surface area contributed by atoms with Gasteiger partial charge in [-0.1, -0.05) is 46.6 Å². The molecule has 1 atom stereocenters. The summed E-state index contributed by atoms with van der Waals surface area (Å²) in [5.41, 5.74) is 3.81. The van der Waals surface area contributed by atoms with Gasteiger partial charge in [0.15, 0.2) is 6.10 Å². The van der Waals surface area contributed by atoms with Crippen molar-refractivity contribution in [1.29, 1.82) is 0 Å². The lowest BCUT2D eigenvalue weighted by Gasteiger charge is -2.15. The van der Waals surface area contributed by atoms with Crippen molar-refractivity contribution in [2.24, 2.45) is 0 Å². The van der Waals surface area contributed by atoms with E-state index < -0.39 is 6.10 Å². The second-order valence-corrected chi connectivity index (χ2v) is 7.10. The van der Waals surface area contributed by atoms with Crippen molar-refractivity contribution in [2.75, 3.05) is 0 Å². The van der Waals surface area contributed by atoms with E-state index in [1.165, 1.54) is 0 Å². The molecule has 1 aromatic heterocycles. The van der Waals surface area contributed by atoms with E-state index in [2.05, 4.69) is 15.5 Å². The summed E-state index contributed by atoms with van der Waals surface area (Å²) in [5.74, 6) is 1.14. The second kappa shape index (κ2) is 8.44. The third kappa shape index (κ3) is 4.70. The Bertz CT molecular complexity index is 960. The molecule has 0 aliphatic rings. The van der Waals surface area contributed by atoms with Crippen LogP contribution in [0.15, 0.2) is 40.9 Å². The first kappa shape index (κ1) is 19.9. The van der Waals surface area contributed by atoms with Gasteiger partial charge in [-0.2, -0.15) is 4.98 Å². The minimum atomic E-state index is -0.681. The minimum Gasteiger partial charge on any atom is -0.481 e. The van der Waals surface area contributed by atoms with E-state index in [1.807, 2.05) is 57.2 Å². The fourth-order valence-corrected chi connectivity index (χ4v) is 2.79. The van der Waals surface area contributed by atoms with Crippen LogP contribution in [0, 0.1) is 20.8 Å². The fraction of sp³-hybridized carbons (Fsp3) is 0.286. The first-order chi connectivity index (χ1) is 13.3. The summed E-state index contributed by atoms with van der Waals surface area (Å²) in [4.78, 5) is 16.6. The summed E-state index contributed by atoms with van der Waals surface area (Å²) < 4.78 is 10.9. The molecular weight excluding hydrogens is 378 g/mol. The SMILES string of the molecule is Cc1ccc(-c2noc(CNC(=O)C(C)Oc3cc(C)c(Cl)c(C)c3)n2)cc1. The van der Waals surface area contributed by atoms with Crippen LogP contribution in [0.25, 0.3) is 11.4 Å². The van der Waals surface area contributed by atoms with Crippen LogP contribution < -0.4 is 10.1 Å². The van der Waals surface area contributed by atoms with Crippen molar-refractivity contribution in [3.8, 4) is 17.1 Å². The largest absolute Gasteiger partial charge is 0.481 e. The van der Waals surface area contributed by atoms with Gasteiger partial charge in [-0.25, -0.2) is 0 Å². The third-order valence-electron chi connectivity index (χ3n) is 4.28. The van der Waals surface area contributed by atoms with Crippen LogP contribution in [0.1, 0.15) is 29.5 Å². The molecule has 0 radical (unpaired) electrons. The van der Waals surface area contributed by atoms with Crippen molar-refractivity contribution < 1.29 is 14.1 Å². The average molecular weight is 400 g/mol. The summed E-state index contributed by atoms with van der Waals surface area (Å²) in [7, 11) is 0. The number of carbonyl (C=O) groups is 1. The Morgan fingerprint density at radius 2 is 1.82 bits per heavy atom. The molecule has 1 unspecified atom stereocenters.